The third-order valence-corrected chi connectivity index (χ3v) is 8.46. The van der Waals surface area contributed by atoms with Gasteiger partial charge in [-0.05, 0) is 36.1 Å². The summed E-state index contributed by atoms with van der Waals surface area (Å²) in [6.45, 7) is 3.85. The summed E-state index contributed by atoms with van der Waals surface area (Å²) < 4.78 is 0. The molecule has 188 valence electrons. The van der Waals surface area contributed by atoms with Crippen LogP contribution in [0.4, 0.5) is 0 Å². The molecule has 9 heteroatoms. The van der Waals surface area contributed by atoms with Crippen molar-refractivity contribution in [1.29, 1.82) is 0 Å². The fourth-order valence-electron chi connectivity index (χ4n) is 5.11. The van der Waals surface area contributed by atoms with Crippen LogP contribution < -0.4 is 5.32 Å². The third-order valence-electron chi connectivity index (χ3n) is 7.06. The lowest BCUT2D eigenvalue weighted by Crippen LogP contribution is -2.50. The molecule has 0 spiro atoms. The Labute approximate surface area is 220 Å². The zero-order valence-corrected chi connectivity index (χ0v) is 21.8. The summed E-state index contributed by atoms with van der Waals surface area (Å²) in [5.74, 6) is 0.372. The van der Waals surface area contributed by atoms with Crippen LogP contribution in [0.15, 0.2) is 54.0 Å². The fraction of sp³-hybridized carbons (Fsp3) is 0.370. The van der Waals surface area contributed by atoms with Crippen molar-refractivity contribution in [3.63, 3.8) is 0 Å². The second-order valence-corrected chi connectivity index (χ2v) is 10.7. The number of aliphatic hydroxyl groups is 1. The van der Waals surface area contributed by atoms with E-state index in [-0.39, 0.29) is 17.9 Å². The van der Waals surface area contributed by atoms with Gasteiger partial charge in [-0.3, -0.25) is 14.5 Å². The molecular weight excluding hydrogens is 492 g/mol. The molecule has 0 aliphatic carbocycles. The molecular formula is C27H30N4O3S2. The average Bonchev–Trinajstić information content (AvgIpc) is 3.58. The molecule has 2 aromatic carbocycles. The Bertz CT molecular complexity index is 1250. The number of likely N-dealkylation sites (tertiary alicyclic amines) is 1. The summed E-state index contributed by atoms with van der Waals surface area (Å²) in [5, 5.41) is 13.4. The van der Waals surface area contributed by atoms with Crippen molar-refractivity contribution < 1.29 is 14.7 Å². The van der Waals surface area contributed by atoms with Gasteiger partial charge in [-0.2, -0.15) is 12.6 Å². The number of thiazole rings is 1. The van der Waals surface area contributed by atoms with Crippen LogP contribution >= 0.6 is 24.0 Å². The minimum Gasteiger partial charge on any atom is -0.392 e. The molecule has 3 aromatic rings. The zero-order chi connectivity index (χ0) is 25.2. The van der Waals surface area contributed by atoms with E-state index >= 15 is 0 Å². The number of carbonyl (C=O) groups excluding carboxylic acids is 2. The van der Waals surface area contributed by atoms with Crippen LogP contribution in [0.5, 0.6) is 0 Å². The lowest BCUT2D eigenvalue weighted by atomic mass is 10.1. The van der Waals surface area contributed by atoms with E-state index in [4.69, 9.17) is 0 Å². The molecule has 1 aromatic heterocycles. The van der Waals surface area contributed by atoms with Crippen molar-refractivity contribution in [2.24, 2.45) is 0 Å². The number of aliphatic hydroxyl groups excluding tert-OH is 1. The zero-order valence-electron chi connectivity index (χ0n) is 20.1. The standard InChI is InChI=1S/C27H30N4O3S2/c1-17-25(36-16-29-17)19-8-6-18(7-9-19)11-28-26(33)24-10-22(32)14-30(24)13-21(15-35)31-12-20-4-2-3-5-23(20)27(31)34/h2-9,16,21-22,24,32,35H,10-15H2,1H3,(H,28,33)/t21-,22-,24+/m1/s1. The van der Waals surface area contributed by atoms with Crippen molar-refractivity contribution in [2.75, 3.05) is 18.8 Å². The number of carbonyl (C=O) groups is 2. The van der Waals surface area contributed by atoms with Crippen LogP contribution in [-0.2, 0) is 17.9 Å². The van der Waals surface area contributed by atoms with Crippen LogP contribution in [0.1, 0.15) is 33.6 Å². The molecule has 3 atom stereocenters. The Balaban J connectivity index is 1.21. The summed E-state index contributed by atoms with van der Waals surface area (Å²) in [7, 11) is 0. The SMILES string of the molecule is Cc1ncsc1-c1ccc(CNC(=O)[C@@H]2C[C@@H](O)CN2C[C@H](CS)N2Cc3ccccc3C2=O)cc1. The van der Waals surface area contributed by atoms with Gasteiger partial charge in [0.1, 0.15) is 0 Å². The highest BCUT2D eigenvalue weighted by atomic mass is 32.1. The number of fused-ring (bicyclic) bond motifs is 1. The Morgan fingerprint density at radius 3 is 2.72 bits per heavy atom. The normalized spacial score (nSPS) is 20.5. The summed E-state index contributed by atoms with van der Waals surface area (Å²) >= 11 is 6.14. The highest BCUT2D eigenvalue weighted by molar-refractivity contribution is 7.80. The smallest absolute Gasteiger partial charge is 0.254 e. The van der Waals surface area contributed by atoms with E-state index < -0.39 is 12.1 Å². The molecule has 2 aliphatic rings. The van der Waals surface area contributed by atoms with E-state index in [1.54, 1.807) is 11.3 Å². The topological polar surface area (TPSA) is 85.8 Å². The Morgan fingerprint density at radius 2 is 2.03 bits per heavy atom. The van der Waals surface area contributed by atoms with Crippen LogP contribution in [0, 0.1) is 6.92 Å². The Kier molecular flexibility index (Phi) is 7.43. The molecule has 2 aliphatic heterocycles. The number of aryl methyl sites for hydroxylation is 1. The molecule has 1 fully saturated rings. The van der Waals surface area contributed by atoms with Crippen molar-refractivity contribution in [1.82, 2.24) is 20.1 Å². The van der Waals surface area contributed by atoms with Crippen molar-refractivity contribution in [3.8, 4) is 10.4 Å². The number of nitrogens with zero attached hydrogens (tertiary/aromatic N) is 3. The quantitative estimate of drug-likeness (QED) is 0.396. The van der Waals surface area contributed by atoms with Gasteiger partial charge in [0, 0.05) is 37.5 Å². The van der Waals surface area contributed by atoms with Gasteiger partial charge >= 0.3 is 0 Å². The van der Waals surface area contributed by atoms with E-state index in [1.807, 2.05) is 58.6 Å². The van der Waals surface area contributed by atoms with Crippen LogP contribution in [0.2, 0.25) is 0 Å². The predicted molar refractivity (Wildman–Crippen MR) is 144 cm³/mol. The second kappa shape index (κ2) is 10.7. The van der Waals surface area contributed by atoms with Crippen molar-refractivity contribution >= 4 is 35.8 Å². The molecule has 0 bridgehead atoms. The van der Waals surface area contributed by atoms with E-state index in [0.717, 1.165) is 32.8 Å². The number of aromatic nitrogens is 1. The van der Waals surface area contributed by atoms with E-state index in [1.165, 1.54) is 0 Å². The Morgan fingerprint density at radius 1 is 1.25 bits per heavy atom. The first kappa shape index (κ1) is 25.0. The number of amides is 2. The van der Waals surface area contributed by atoms with Crippen LogP contribution in [0.25, 0.3) is 10.4 Å². The predicted octanol–water partition coefficient (Wildman–Crippen LogP) is 3.12. The second-order valence-electron chi connectivity index (χ2n) is 9.47. The van der Waals surface area contributed by atoms with Crippen molar-refractivity contribution in [3.05, 3.63) is 76.4 Å². The van der Waals surface area contributed by atoms with Gasteiger partial charge in [0.25, 0.3) is 5.91 Å². The van der Waals surface area contributed by atoms with Gasteiger partial charge in [-0.25, -0.2) is 4.98 Å². The maximum absolute atomic E-state index is 13.1. The molecule has 2 amide bonds. The number of hydrogen-bond donors (Lipinski definition) is 3. The molecule has 1 saturated heterocycles. The maximum atomic E-state index is 13.1. The van der Waals surface area contributed by atoms with E-state index in [9.17, 15) is 14.7 Å². The van der Waals surface area contributed by atoms with Crippen molar-refractivity contribution in [2.45, 2.75) is 44.6 Å². The largest absolute Gasteiger partial charge is 0.392 e. The first-order valence-corrected chi connectivity index (χ1v) is 13.6. The molecule has 2 N–H and O–H groups in total. The minimum atomic E-state index is -0.574. The van der Waals surface area contributed by atoms with Crippen LogP contribution in [0.3, 0.4) is 0 Å². The third kappa shape index (κ3) is 5.06. The van der Waals surface area contributed by atoms with E-state index in [2.05, 4.69) is 35.1 Å². The monoisotopic (exact) mass is 522 g/mol. The number of β-amino-alcohol motifs (C(OH)–C–C–N with tert-alkyl or cyclic N) is 1. The number of benzene rings is 2. The molecule has 0 unspecified atom stereocenters. The first-order chi connectivity index (χ1) is 17.4. The number of hydrogen-bond acceptors (Lipinski definition) is 7. The minimum absolute atomic E-state index is 0.00219. The maximum Gasteiger partial charge on any atom is 0.254 e. The average molecular weight is 523 g/mol. The Hall–Kier alpha value is -2.72. The van der Waals surface area contributed by atoms with Gasteiger partial charge in [-0.15, -0.1) is 11.3 Å². The van der Waals surface area contributed by atoms with Crippen LogP contribution in [-0.4, -0.2) is 68.7 Å². The summed E-state index contributed by atoms with van der Waals surface area (Å²) in [6.07, 6.45) is -0.196. The first-order valence-electron chi connectivity index (χ1n) is 12.1. The van der Waals surface area contributed by atoms with Gasteiger partial charge in [0.2, 0.25) is 5.91 Å². The molecule has 36 heavy (non-hydrogen) atoms. The molecule has 5 rings (SSSR count). The van der Waals surface area contributed by atoms with Gasteiger partial charge in [0.05, 0.1) is 34.3 Å². The van der Waals surface area contributed by atoms with Gasteiger partial charge < -0.3 is 15.3 Å². The number of nitrogens with one attached hydrogen (secondary N) is 1. The summed E-state index contributed by atoms with van der Waals surface area (Å²) in [6, 6.07) is 15.2. The number of rotatable bonds is 8. The molecule has 0 saturated carbocycles. The molecule has 7 nitrogen and oxygen atoms in total. The lowest BCUT2D eigenvalue weighted by molar-refractivity contribution is -0.125. The summed E-state index contributed by atoms with van der Waals surface area (Å²) in [5.41, 5.74) is 6.73. The summed E-state index contributed by atoms with van der Waals surface area (Å²) in [4.78, 5) is 35.4. The highest BCUT2D eigenvalue weighted by Gasteiger charge is 2.39. The number of thiol groups is 1. The van der Waals surface area contributed by atoms with Gasteiger partial charge in [-0.1, -0.05) is 42.5 Å². The van der Waals surface area contributed by atoms with Gasteiger partial charge in [0.15, 0.2) is 0 Å². The molecule has 3 heterocycles. The lowest BCUT2D eigenvalue weighted by Gasteiger charge is -2.32. The fourth-order valence-corrected chi connectivity index (χ4v) is 6.24. The highest BCUT2D eigenvalue weighted by Crippen LogP contribution is 2.28. The molecule has 0 radical (unpaired) electrons. The van der Waals surface area contributed by atoms with E-state index in [0.29, 0.717) is 38.4 Å².